The van der Waals surface area contributed by atoms with Crippen LogP contribution in [0.4, 0.5) is 0 Å². The number of hydrogen-bond donors (Lipinski definition) is 4. The topological polar surface area (TPSA) is 134 Å². The van der Waals surface area contributed by atoms with Gasteiger partial charge in [0.05, 0.1) is 35.6 Å². The molecule has 0 aromatic heterocycles. The molecule has 42 heavy (non-hydrogen) atoms. The predicted octanol–water partition coefficient (Wildman–Crippen LogP) is 5.84. The summed E-state index contributed by atoms with van der Waals surface area (Å²) in [6.45, 7) is 15.4. The van der Waals surface area contributed by atoms with Crippen LogP contribution in [-0.2, 0) is 20.7 Å². The predicted molar refractivity (Wildman–Crippen MR) is 162 cm³/mol. The van der Waals surface area contributed by atoms with Gasteiger partial charge in [0.15, 0.2) is 0 Å². The third kappa shape index (κ3) is 6.72. The van der Waals surface area contributed by atoms with Crippen LogP contribution in [0.2, 0.25) is 0 Å². The smallest absolute Gasteiger partial charge is 0.339 e. The van der Waals surface area contributed by atoms with Crippen molar-refractivity contribution >= 4 is 11.8 Å². The van der Waals surface area contributed by atoms with Gasteiger partial charge < -0.3 is 29.9 Å². The molecule has 238 valence electrons. The minimum atomic E-state index is -1.18. The fourth-order valence-corrected chi connectivity index (χ4v) is 7.45. The lowest BCUT2D eigenvalue weighted by molar-refractivity contribution is -0.229. The maximum atomic E-state index is 13.9. The average molecular weight is 591 g/mol. The second-order valence-electron chi connectivity index (χ2n) is 13.2. The van der Waals surface area contributed by atoms with Crippen molar-refractivity contribution in [2.45, 2.75) is 142 Å². The number of carbonyl (C=O) groups excluding carboxylic acids is 1. The third-order valence-corrected chi connectivity index (χ3v) is 10.7. The number of aromatic hydroxyl groups is 1. The molecule has 0 saturated carbocycles. The number of ether oxygens (including phenoxy) is 2. The lowest BCUT2D eigenvalue weighted by atomic mass is 9.76. The number of benzene rings is 1. The van der Waals surface area contributed by atoms with Crippen LogP contribution >= 0.6 is 0 Å². The van der Waals surface area contributed by atoms with E-state index in [1.807, 2.05) is 27.7 Å². The number of rotatable bonds is 13. The number of ketones is 1. The first-order valence-electron chi connectivity index (χ1n) is 16.0. The molecule has 0 amide bonds. The third-order valence-electron chi connectivity index (χ3n) is 10.7. The minimum absolute atomic E-state index is 0.0157. The van der Waals surface area contributed by atoms with Crippen LogP contribution < -0.4 is 0 Å². The lowest BCUT2D eigenvalue weighted by Gasteiger charge is -2.47. The van der Waals surface area contributed by atoms with E-state index in [-0.39, 0.29) is 53.2 Å². The van der Waals surface area contributed by atoms with Crippen molar-refractivity contribution < 1.29 is 39.5 Å². The van der Waals surface area contributed by atoms with Gasteiger partial charge in [-0.1, -0.05) is 53.7 Å². The largest absolute Gasteiger partial charge is 0.507 e. The highest BCUT2D eigenvalue weighted by Crippen LogP contribution is 2.48. The maximum Gasteiger partial charge on any atom is 0.339 e. The van der Waals surface area contributed by atoms with Gasteiger partial charge in [0.1, 0.15) is 17.1 Å². The van der Waals surface area contributed by atoms with Gasteiger partial charge in [-0.2, -0.15) is 0 Å². The van der Waals surface area contributed by atoms with Gasteiger partial charge in [-0.25, -0.2) is 4.79 Å². The molecule has 1 aromatic rings. The van der Waals surface area contributed by atoms with Crippen molar-refractivity contribution in [2.24, 2.45) is 23.7 Å². The van der Waals surface area contributed by atoms with Crippen molar-refractivity contribution in [1.29, 1.82) is 0 Å². The number of aliphatic hydroxyl groups excluding tert-OH is 1. The first kappa shape index (κ1) is 34.5. The number of aliphatic hydroxyl groups is 2. The van der Waals surface area contributed by atoms with E-state index in [0.717, 1.165) is 12.8 Å². The first-order chi connectivity index (χ1) is 19.7. The Morgan fingerprint density at radius 3 is 2.33 bits per heavy atom. The quantitative estimate of drug-likeness (QED) is 0.225. The molecule has 10 atom stereocenters. The number of aromatic carboxylic acids is 1. The normalized spacial score (nSPS) is 32.7. The molecule has 8 heteroatoms. The van der Waals surface area contributed by atoms with Crippen LogP contribution in [0.1, 0.15) is 115 Å². The number of carboxylic acid groups (broad SMARTS) is 1. The summed E-state index contributed by atoms with van der Waals surface area (Å²) in [6.07, 6.45) is 3.34. The van der Waals surface area contributed by atoms with E-state index in [9.17, 15) is 30.0 Å². The molecule has 0 radical (unpaired) electrons. The Labute approximate surface area is 251 Å². The van der Waals surface area contributed by atoms with Crippen LogP contribution in [0.5, 0.6) is 5.75 Å². The molecule has 0 bridgehead atoms. The molecule has 2 heterocycles. The summed E-state index contributed by atoms with van der Waals surface area (Å²) >= 11 is 0. The summed E-state index contributed by atoms with van der Waals surface area (Å²) in [5, 5.41) is 42.1. The highest BCUT2D eigenvalue weighted by molar-refractivity contribution is 5.93. The van der Waals surface area contributed by atoms with Crippen molar-refractivity contribution in [3.63, 3.8) is 0 Å². The average Bonchev–Trinajstić information content (AvgIpc) is 3.31. The molecule has 2 fully saturated rings. The van der Waals surface area contributed by atoms with Crippen molar-refractivity contribution in [2.75, 3.05) is 0 Å². The van der Waals surface area contributed by atoms with Gasteiger partial charge in [-0.3, -0.25) is 4.79 Å². The molecule has 2 saturated heterocycles. The second-order valence-corrected chi connectivity index (χ2v) is 13.2. The molecule has 2 aliphatic rings. The summed E-state index contributed by atoms with van der Waals surface area (Å²) in [5.41, 5.74) is -0.437. The van der Waals surface area contributed by atoms with E-state index in [1.54, 1.807) is 26.0 Å². The van der Waals surface area contributed by atoms with Gasteiger partial charge in [0.2, 0.25) is 0 Å². The number of carboxylic acids is 1. The van der Waals surface area contributed by atoms with Gasteiger partial charge >= 0.3 is 5.97 Å². The number of hydrogen-bond acceptors (Lipinski definition) is 7. The van der Waals surface area contributed by atoms with E-state index in [0.29, 0.717) is 49.7 Å². The van der Waals surface area contributed by atoms with Gasteiger partial charge in [0.25, 0.3) is 0 Å². The Bertz CT molecular complexity index is 1100. The van der Waals surface area contributed by atoms with Crippen LogP contribution in [0.25, 0.3) is 0 Å². The van der Waals surface area contributed by atoms with Crippen molar-refractivity contribution in [1.82, 2.24) is 0 Å². The molecular weight excluding hydrogens is 536 g/mol. The molecule has 4 N–H and O–H groups in total. The number of Topliss-reactive ketones (excluding diaryl/α,β-unsaturated/α-hetero) is 1. The molecule has 0 unspecified atom stereocenters. The zero-order valence-electron chi connectivity index (χ0n) is 26.9. The molecule has 8 nitrogen and oxygen atoms in total. The fourth-order valence-electron chi connectivity index (χ4n) is 7.45. The summed E-state index contributed by atoms with van der Waals surface area (Å²) < 4.78 is 13.2. The van der Waals surface area contributed by atoms with Gasteiger partial charge in [-0.05, 0) is 88.2 Å². The molecule has 0 aliphatic carbocycles. The molecule has 3 rings (SSSR count). The summed E-state index contributed by atoms with van der Waals surface area (Å²) in [4.78, 5) is 25.7. The van der Waals surface area contributed by atoms with Gasteiger partial charge in [-0.15, -0.1) is 0 Å². The van der Waals surface area contributed by atoms with Crippen LogP contribution in [-0.4, -0.2) is 67.8 Å². The Morgan fingerprint density at radius 2 is 1.79 bits per heavy atom. The van der Waals surface area contributed by atoms with E-state index >= 15 is 0 Å². The zero-order chi connectivity index (χ0) is 31.6. The highest BCUT2D eigenvalue weighted by Gasteiger charge is 2.55. The van der Waals surface area contributed by atoms with Crippen molar-refractivity contribution in [3.05, 3.63) is 28.8 Å². The van der Waals surface area contributed by atoms with Crippen LogP contribution in [0.15, 0.2) is 12.1 Å². The SMILES string of the molecule is CC[C@H](C(=O)[C@@H](C)[C@H](O)[C@@H](C)CCc1ccc(C)c(O)c1C(=O)O)[C@@H]1O[C@](CC)([C@@H]2CC[C@](O)(CC)[C@H](C)O2)C[C@H]1C. The summed E-state index contributed by atoms with van der Waals surface area (Å²) in [5.74, 6) is -2.55. The number of aryl methyl sites for hydroxylation is 2. The van der Waals surface area contributed by atoms with E-state index in [1.165, 1.54) is 0 Å². The first-order valence-corrected chi connectivity index (χ1v) is 16.0. The van der Waals surface area contributed by atoms with E-state index < -0.39 is 29.2 Å². The highest BCUT2D eigenvalue weighted by atomic mass is 16.6. The minimum Gasteiger partial charge on any atom is -0.507 e. The Morgan fingerprint density at radius 1 is 1.12 bits per heavy atom. The van der Waals surface area contributed by atoms with E-state index in [4.69, 9.17) is 9.47 Å². The number of phenols is 1. The molecule has 1 aromatic carbocycles. The lowest BCUT2D eigenvalue weighted by Crippen LogP contribution is -2.55. The Balaban J connectivity index is 1.69. The van der Waals surface area contributed by atoms with Gasteiger partial charge in [0, 0.05) is 11.8 Å². The maximum absolute atomic E-state index is 13.9. The Hall–Kier alpha value is -2.00. The molecular formula is C34H54O8. The summed E-state index contributed by atoms with van der Waals surface area (Å²) in [7, 11) is 0. The second kappa shape index (κ2) is 13.7. The monoisotopic (exact) mass is 590 g/mol. The fraction of sp³-hybridized carbons (Fsp3) is 0.765. The molecule has 2 aliphatic heterocycles. The number of carbonyl (C=O) groups is 2. The standard InChI is InChI=1S/C34H54O8/c1-9-25(31-21(6)18-34(11-3,42-31)26-16-17-33(40,10-2)23(8)41-26)30(37)22(7)28(35)19(4)12-14-24-15-13-20(5)29(36)27(24)32(38)39/h13,15,19,21-23,25-26,28,31,35-36,40H,9-12,14,16-18H2,1-8H3,(H,38,39)/t19-,21+,22-,23-,25+,26-,28+,31+,33+,34-/m0/s1. The zero-order valence-corrected chi connectivity index (χ0v) is 26.9. The van der Waals surface area contributed by atoms with Crippen LogP contribution in [0, 0.1) is 30.6 Å². The van der Waals surface area contributed by atoms with Crippen molar-refractivity contribution in [3.8, 4) is 5.75 Å². The van der Waals surface area contributed by atoms with E-state index in [2.05, 4.69) is 13.8 Å². The van der Waals surface area contributed by atoms with Crippen LogP contribution in [0.3, 0.4) is 0 Å². The summed E-state index contributed by atoms with van der Waals surface area (Å²) in [6, 6.07) is 3.40. The Kier molecular flexibility index (Phi) is 11.3. The molecule has 0 spiro atoms.